The highest BCUT2D eigenvalue weighted by atomic mass is 32.2. The summed E-state index contributed by atoms with van der Waals surface area (Å²) in [6.45, 7) is 1.35. The predicted molar refractivity (Wildman–Crippen MR) is 63.6 cm³/mol. The number of carbonyl (C=O) groups excluding carboxylic acids is 2. The normalized spacial score (nSPS) is 12.8. The van der Waals surface area contributed by atoms with E-state index in [9.17, 15) is 18.0 Å². The average molecular weight is 271 g/mol. The van der Waals surface area contributed by atoms with Crippen molar-refractivity contribution in [2.75, 3.05) is 6.26 Å². The average Bonchev–Trinajstić information content (AvgIpc) is 2.27. The number of hydrogen-bond donors (Lipinski definition) is 1. The van der Waals surface area contributed by atoms with Crippen molar-refractivity contribution in [3.8, 4) is 0 Å². The predicted octanol–water partition coefficient (Wildman–Crippen LogP) is 0.121. The maximum atomic E-state index is 11.5. The van der Waals surface area contributed by atoms with E-state index in [2.05, 4.69) is 0 Å². The van der Waals surface area contributed by atoms with Crippen LogP contribution in [0.4, 0.5) is 0 Å². The molecule has 0 saturated carbocycles. The van der Waals surface area contributed by atoms with Gasteiger partial charge in [-0.3, -0.25) is 4.79 Å². The molecule has 0 aliphatic rings. The molecule has 7 heteroatoms. The molecule has 1 aromatic rings. The molecule has 0 saturated heterocycles. The fourth-order valence-corrected chi connectivity index (χ4v) is 1.76. The molecule has 0 spiro atoms. The molecule has 0 aliphatic carbocycles. The molecule has 1 unspecified atom stereocenters. The van der Waals surface area contributed by atoms with E-state index in [1.807, 2.05) is 0 Å². The van der Waals surface area contributed by atoms with Gasteiger partial charge in [-0.15, -0.1) is 0 Å². The molecule has 1 amide bonds. The van der Waals surface area contributed by atoms with Crippen LogP contribution in [0.25, 0.3) is 0 Å². The fraction of sp³-hybridized carbons (Fsp3) is 0.273. The monoisotopic (exact) mass is 271 g/mol. The first-order chi connectivity index (χ1) is 8.21. The molecule has 0 aromatic heterocycles. The maximum absolute atomic E-state index is 11.5. The number of benzene rings is 1. The minimum atomic E-state index is -3.31. The number of hydrogen-bond acceptors (Lipinski definition) is 5. The molecule has 0 heterocycles. The summed E-state index contributed by atoms with van der Waals surface area (Å²) in [4.78, 5) is 22.4. The number of nitrogens with two attached hydrogens (primary N) is 1. The van der Waals surface area contributed by atoms with Crippen LogP contribution in [0, 0.1) is 0 Å². The molecule has 6 nitrogen and oxygen atoms in total. The summed E-state index contributed by atoms with van der Waals surface area (Å²) < 4.78 is 27.2. The molecule has 2 N–H and O–H groups in total. The van der Waals surface area contributed by atoms with Gasteiger partial charge < -0.3 is 10.5 Å². The van der Waals surface area contributed by atoms with Gasteiger partial charge in [0, 0.05) is 6.26 Å². The van der Waals surface area contributed by atoms with Gasteiger partial charge in [-0.25, -0.2) is 13.2 Å². The smallest absolute Gasteiger partial charge is 0.338 e. The Bertz CT molecular complexity index is 562. The fourth-order valence-electron chi connectivity index (χ4n) is 1.12. The Balaban J connectivity index is 2.86. The zero-order valence-corrected chi connectivity index (χ0v) is 10.7. The van der Waals surface area contributed by atoms with E-state index in [4.69, 9.17) is 10.5 Å². The summed E-state index contributed by atoms with van der Waals surface area (Å²) in [5.41, 5.74) is 5.10. The Hall–Kier alpha value is -1.89. The second-order valence-corrected chi connectivity index (χ2v) is 5.76. The summed E-state index contributed by atoms with van der Waals surface area (Å²) in [6.07, 6.45) is 0.0299. The third kappa shape index (κ3) is 3.56. The lowest BCUT2D eigenvalue weighted by Gasteiger charge is -2.09. The number of sulfone groups is 1. The van der Waals surface area contributed by atoms with Crippen molar-refractivity contribution in [1.29, 1.82) is 0 Å². The molecule has 0 bridgehead atoms. The van der Waals surface area contributed by atoms with Crippen LogP contribution in [0.2, 0.25) is 0 Å². The highest BCUT2D eigenvalue weighted by Gasteiger charge is 2.16. The summed E-state index contributed by atoms with van der Waals surface area (Å²) in [7, 11) is -3.31. The van der Waals surface area contributed by atoms with Crippen LogP contribution in [0.5, 0.6) is 0 Å². The van der Waals surface area contributed by atoms with E-state index in [-0.39, 0.29) is 10.5 Å². The quantitative estimate of drug-likeness (QED) is 0.783. The summed E-state index contributed by atoms with van der Waals surface area (Å²) >= 11 is 0. The highest BCUT2D eigenvalue weighted by molar-refractivity contribution is 7.90. The van der Waals surface area contributed by atoms with Crippen molar-refractivity contribution in [3.05, 3.63) is 29.8 Å². The van der Waals surface area contributed by atoms with Gasteiger partial charge in [0.15, 0.2) is 15.9 Å². The largest absolute Gasteiger partial charge is 0.449 e. The minimum Gasteiger partial charge on any atom is -0.449 e. The van der Waals surface area contributed by atoms with Gasteiger partial charge in [0.25, 0.3) is 5.91 Å². The van der Waals surface area contributed by atoms with Crippen LogP contribution >= 0.6 is 0 Å². The van der Waals surface area contributed by atoms with E-state index < -0.39 is 27.8 Å². The topological polar surface area (TPSA) is 104 Å². The standard InChI is InChI=1S/C11H13NO5S/c1-7(10(12)13)17-11(14)8-3-5-9(6-4-8)18(2,15)16/h3-7H,1-2H3,(H2,12,13). The second kappa shape index (κ2) is 5.18. The van der Waals surface area contributed by atoms with Crippen LogP contribution in [0.3, 0.4) is 0 Å². The molecule has 18 heavy (non-hydrogen) atoms. The molecule has 98 valence electrons. The zero-order chi connectivity index (χ0) is 13.9. The lowest BCUT2D eigenvalue weighted by molar-refractivity contribution is -0.125. The number of rotatable bonds is 4. The van der Waals surface area contributed by atoms with Gasteiger partial charge in [-0.2, -0.15) is 0 Å². The SMILES string of the molecule is CC(OC(=O)c1ccc(S(C)(=O)=O)cc1)C(N)=O. The number of carbonyl (C=O) groups is 2. The van der Waals surface area contributed by atoms with E-state index in [1.54, 1.807) is 0 Å². The number of esters is 1. The summed E-state index contributed by atoms with van der Waals surface area (Å²) in [6, 6.07) is 5.21. The minimum absolute atomic E-state index is 0.0991. The van der Waals surface area contributed by atoms with Gasteiger partial charge in [-0.05, 0) is 31.2 Å². The van der Waals surface area contributed by atoms with Crippen molar-refractivity contribution >= 4 is 21.7 Å². The van der Waals surface area contributed by atoms with Crippen LogP contribution in [0.1, 0.15) is 17.3 Å². The third-order valence-electron chi connectivity index (χ3n) is 2.20. The second-order valence-electron chi connectivity index (χ2n) is 3.75. The van der Waals surface area contributed by atoms with Crippen molar-refractivity contribution in [2.45, 2.75) is 17.9 Å². The van der Waals surface area contributed by atoms with Gasteiger partial charge in [0.2, 0.25) is 0 Å². The molecule has 1 aromatic carbocycles. The Morgan fingerprint density at radius 1 is 1.22 bits per heavy atom. The van der Waals surface area contributed by atoms with Gasteiger partial charge in [-0.1, -0.05) is 0 Å². The number of ether oxygens (including phenoxy) is 1. The Labute approximate surface area is 105 Å². The lowest BCUT2D eigenvalue weighted by Crippen LogP contribution is -2.30. The van der Waals surface area contributed by atoms with Crippen molar-refractivity contribution < 1.29 is 22.7 Å². The zero-order valence-electron chi connectivity index (χ0n) is 9.91. The Kier molecular flexibility index (Phi) is 4.07. The van der Waals surface area contributed by atoms with Gasteiger partial charge in [0.05, 0.1) is 10.5 Å². The molecule has 1 atom stereocenters. The Morgan fingerprint density at radius 3 is 2.11 bits per heavy atom. The molecule has 0 fully saturated rings. The maximum Gasteiger partial charge on any atom is 0.338 e. The Morgan fingerprint density at radius 2 is 1.72 bits per heavy atom. The van der Waals surface area contributed by atoms with Crippen LogP contribution < -0.4 is 5.73 Å². The van der Waals surface area contributed by atoms with Crippen molar-refractivity contribution in [2.24, 2.45) is 5.73 Å². The highest BCUT2D eigenvalue weighted by Crippen LogP contribution is 2.11. The van der Waals surface area contributed by atoms with Crippen LogP contribution in [-0.4, -0.2) is 32.7 Å². The first-order valence-electron chi connectivity index (χ1n) is 5.02. The van der Waals surface area contributed by atoms with E-state index in [1.165, 1.54) is 31.2 Å². The third-order valence-corrected chi connectivity index (χ3v) is 3.33. The summed E-state index contributed by atoms with van der Waals surface area (Å²) in [5, 5.41) is 0. The molecule has 1 rings (SSSR count). The molecular weight excluding hydrogens is 258 g/mol. The van der Waals surface area contributed by atoms with Gasteiger partial charge >= 0.3 is 5.97 Å². The van der Waals surface area contributed by atoms with Crippen molar-refractivity contribution in [3.63, 3.8) is 0 Å². The van der Waals surface area contributed by atoms with Crippen LogP contribution in [-0.2, 0) is 19.4 Å². The molecular formula is C11H13NO5S. The van der Waals surface area contributed by atoms with Crippen LogP contribution in [0.15, 0.2) is 29.2 Å². The summed E-state index contributed by atoms with van der Waals surface area (Å²) in [5.74, 6) is -1.49. The molecule has 0 radical (unpaired) electrons. The van der Waals surface area contributed by atoms with E-state index in [0.717, 1.165) is 6.26 Å². The lowest BCUT2D eigenvalue weighted by atomic mass is 10.2. The first kappa shape index (κ1) is 14.2. The van der Waals surface area contributed by atoms with E-state index >= 15 is 0 Å². The number of primary amides is 1. The number of amides is 1. The van der Waals surface area contributed by atoms with Gasteiger partial charge in [0.1, 0.15) is 0 Å². The molecule has 0 aliphatic heterocycles. The van der Waals surface area contributed by atoms with E-state index in [0.29, 0.717) is 0 Å². The first-order valence-corrected chi connectivity index (χ1v) is 6.91. The van der Waals surface area contributed by atoms with Crippen molar-refractivity contribution in [1.82, 2.24) is 0 Å².